The molecule has 0 saturated heterocycles. The molecule has 0 fully saturated rings. The summed E-state index contributed by atoms with van der Waals surface area (Å²) in [4.78, 5) is 16.3. The largest absolute Gasteiger partial charge is 0.404 e. The molecular formula is C22H24N4O. The van der Waals surface area contributed by atoms with Gasteiger partial charge in [0.15, 0.2) is 0 Å². The molecule has 5 N–H and O–H groups in total. The summed E-state index contributed by atoms with van der Waals surface area (Å²) < 4.78 is 0. The number of hydrogen-bond acceptors (Lipinski definition) is 4. The van der Waals surface area contributed by atoms with Gasteiger partial charge >= 0.3 is 0 Å². The fraction of sp³-hybridized carbons (Fsp3) is 0.0909. The summed E-state index contributed by atoms with van der Waals surface area (Å²) >= 11 is 0. The van der Waals surface area contributed by atoms with E-state index in [1.807, 2.05) is 36.4 Å². The van der Waals surface area contributed by atoms with Crippen LogP contribution in [-0.2, 0) is 4.79 Å². The summed E-state index contributed by atoms with van der Waals surface area (Å²) in [5.41, 5.74) is 14.3. The summed E-state index contributed by atoms with van der Waals surface area (Å²) in [6, 6.07) is 17.2. The van der Waals surface area contributed by atoms with Crippen molar-refractivity contribution in [3.05, 3.63) is 90.2 Å². The molecule has 0 aromatic heterocycles. The van der Waals surface area contributed by atoms with Gasteiger partial charge in [0, 0.05) is 30.6 Å². The van der Waals surface area contributed by atoms with E-state index in [1.165, 1.54) is 12.3 Å². The van der Waals surface area contributed by atoms with Crippen LogP contribution in [0, 0.1) is 0 Å². The SMILES string of the molecule is NC=C(C=NCC/C=C/c1ccccc1)/C=C/C(=O)Nc1ccccc1N. The van der Waals surface area contributed by atoms with Crippen LogP contribution in [0.4, 0.5) is 11.4 Å². The monoisotopic (exact) mass is 360 g/mol. The number of carbonyl (C=O) groups is 1. The maximum atomic E-state index is 12.0. The smallest absolute Gasteiger partial charge is 0.248 e. The number of aliphatic imine (C=N–C) groups is 1. The lowest BCUT2D eigenvalue weighted by atomic mass is 10.2. The van der Waals surface area contributed by atoms with Crippen LogP contribution in [0.15, 0.2) is 89.6 Å². The minimum atomic E-state index is -0.286. The van der Waals surface area contributed by atoms with E-state index in [2.05, 4.69) is 22.5 Å². The van der Waals surface area contributed by atoms with Crippen molar-refractivity contribution in [3.8, 4) is 0 Å². The number of benzene rings is 2. The lowest BCUT2D eigenvalue weighted by molar-refractivity contribution is -0.111. The Hall–Kier alpha value is -3.60. The second-order valence-corrected chi connectivity index (χ2v) is 5.71. The Bertz CT molecular complexity index is 852. The van der Waals surface area contributed by atoms with Crippen LogP contribution in [0.1, 0.15) is 12.0 Å². The number of anilines is 2. The predicted molar refractivity (Wildman–Crippen MR) is 114 cm³/mol. The Morgan fingerprint density at radius 1 is 1.04 bits per heavy atom. The molecule has 0 unspecified atom stereocenters. The van der Waals surface area contributed by atoms with E-state index < -0.39 is 0 Å². The van der Waals surface area contributed by atoms with Gasteiger partial charge in [0.05, 0.1) is 11.4 Å². The average molecular weight is 360 g/mol. The maximum Gasteiger partial charge on any atom is 0.248 e. The van der Waals surface area contributed by atoms with E-state index in [9.17, 15) is 4.79 Å². The van der Waals surface area contributed by atoms with Gasteiger partial charge in [-0.25, -0.2) is 0 Å². The molecule has 1 amide bonds. The van der Waals surface area contributed by atoms with Gasteiger partial charge in [-0.1, -0.05) is 54.6 Å². The molecule has 5 nitrogen and oxygen atoms in total. The molecule has 0 aliphatic rings. The molecule has 0 saturated carbocycles. The molecular weight excluding hydrogens is 336 g/mol. The molecule has 2 rings (SSSR count). The summed E-state index contributed by atoms with van der Waals surface area (Å²) in [7, 11) is 0. The second kappa shape index (κ2) is 11.1. The van der Waals surface area contributed by atoms with E-state index >= 15 is 0 Å². The highest BCUT2D eigenvalue weighted by molar-refractivity contribution is 6.02. The Labute approximate surface area is 159 Å². The van der Waals surface area contributed by atoms with Crippen LogP contribution in [0.3, 0.4) is 0 Å². The topological polar surface area (TPSA) is 93.5 Å². The number of nitrogens with two attached hydrogens (primary N) is 2. The lowest BCUT2D eigenvalue weighted by Crippen LogP contribution is -2.09. The zero-order valence-electron chi connectivity index (χ0n) is 15.1. The van der Waals surface area contributed by atoms with Crippen LogP contribution in [0.5, 0.6) is 0 Å². The number of nitrogens with zero attached hydrogens (tertiary/aromatic N) is 1. The van der Waals surface area contributed by atoms with Crippen molar-refractivity contribution in [2.24, 2.45) is 10.7 Å². The predicted octanol–water partition coefficient (Wildman–Crippen LogP) is 3.78. The Morgan fingerprint density at radius 3 is 2.52 bits per heavy atom. The highest BCUT2D eigenvalue weighted by Gasteiger charge is 2.00. The standard InChI is InChI=1S/C22H24N4O/c23-16-19(13-14-22(27)26-21-12-5-4-11-20(21)24)17-25-15-7-6-10-18-8-2-1-3-9-18/h1-6,8-14,16-17H,7,15,23-24H2,(H,26,27)/b10-6+,14-13+,19-16?,25-17?. The second-order valence-electron chi connectivity index (χ2n) is 5.71. The van der Waals surface area contributed by atoms with Gasteiger partial charge in [0.25, 0.3) is 0 Å². The third-order valence-electron chi connectivity index (χ3n) is 3.61. The third kappa shape index (κ3) is 7.44. The van der Waals surface area contributed by atoms with Crippen molar-refractivity contribution in [1.82, 2.24) is 0 Å². The maximum absolute atomic E-state index is 12.0. The molecule has 27 heavy (non-hydrogen) atoms. The van der Waals surface area contributed by atoms with Gasteiger partial charge in [-0.2, -0.15) is 0 Å². The fourth-order valence-electron chi connectivity index (χ4n) is 2.20. The third-order valence-corrected chi connectivity index (χ3v) is 3.61. The zero-order valence-corrected chi connectivity index (χ0v) is 15.1. The number of hydrogen-bond donors (Lipinski definition) is 3. The van der Waals surface area contributed by atoms with Gasteiger partial charge in [-0.3, -0.25) is 9.79 Å². The van der Waals surface area contributed by atoms with Crippen molar-refractivity contribution in [3.63, 3.8) is 0 Å². The highest BCUT2D eigenvalue weighted by atomic mass is 16.1. The molecule has 0 aliphatic heterocycles. The van der Waals surface area contributed by atoms with E-state index in [0.29, 0.717) is 23.5 Å². The van der Waals surface area contributed by atoms with E-state index in [1.54, 1.807) is 30.5 Å². The first-order valence-electron chi connectivity index (χ1n) is 8.66. The number of para-hydroxylation sites is 2. The van der Waals surface area contributed by atoms with Crippen LogP contribution in [0.2, 0.25) is 0 Å². The molecule has 0 bridgehead atoms. The summed E-state index contributed by atoms with van der Waals surface area (Å²) in [5, 5.41) is 2.72. The number of carbonyl (C=O) groups excluding carboxylic acids is 1. The van der Waals surface area contributed by atoms with Gasteiger partial charge in [-0.05, 0) is 30.2 Å². The number of amides is 1. The van der Waals surface area contributed by atoms with Crippen molar-refractivity contribution < 1.29 is 4.79 Å². The number of rotatable bonds is 8. The van der Waals surface area contributed by atoms with E-state index in [0.717, 1.165) is 12.0 Å². The van der Waals surface area contributed by atoms with Crippen molar-refractivity contribution >= 4 is 29.6 Å². The Morgan fingerprint density at radius 2 is 1.78 bits per heavy atom. The molecule has 138 valence electrons. The zero-order chi connectivity index (χ0) is 19.3. The van der Waals surface area contributed by atoms with Crippen LogP contribution >= 0.6 is 0 Å². The van der Waals surface area contributed by atoms with Crippen LogP contribution in [0.25, 0.3) is 6.08 Å². The first kappa shape index (κ1) is 19.7. The fourth-order valence-corrected chi connectivity index (χ4v) is 2.20. The molecule has 2 aromatic rings. The van der Waals surface area contributed by atoms with Crippen molar-refractivity contribution in [1.29, 1.82) is 0 Å². The van der Waals surface area contributed by atoms with Crippen molar-refractivity contribution in [2.45, 2.75) is 6.42 Å². The minimum absolute atomic E-state index is 0.286. The number of allylic oxidation sites excluding steroid dienone is 2. The molecule has 0 radical (unpaired) electrons. The van der Waals surface area contributed by atoms with Crippen LogP contribution in [-0.4, -0.2) is 18.7 Å². The summed E-state index contributed by atoms with van der Waals surface area (Å²) in [5.74, 6) is -0.286. The van der Waals surface area contributed by atoms with Gasteiger partial charge in [-0.15, -0.1) is 0 Å². The van der Waals surface area contributed by atoms with Gasteiger partial charge < -0.3 is 16.8 Å². The van der Waals surface area contributed by atoms with Gasteiger partial charge in [0.1, 0.15) is 0 Å². The van der Waals surface area contributed by atoms with Crippen molar-refractivity contribution in [2.75, 3.05) is 17.6 Å². The van der Waals surface area contributed by atoms with E-state index in [4.69, 9.17) is 11.5 Å². The Balaban J connectivity index is 1.78. The first-order valence-corrected chi connectivity index (χ1v) is 8.66. The minimum Gasteiger partial charge on any atom is -0.404 e. The number of nitrogens with one attached hydrogen (secondary N) is 1. The Kier molecular flexibility index (Phi) is 8.11. The molecule has 0 spiro atoms. The first-order chi connectivity index (χ1) is 13.2. The lowest BCUT2D eigenvalue weighted by Gasteiger charge is -2.04. The molecule has 0 aliphatic carbocycles. The van der Waals surface area contributed by atoms with Gasteiger partial charge in [0.2, 0.25) is 5.91 Å². The average Bonchev–Trinajstić information content (AvgIpc) is 2.69. The van der Waals surface area contributed by atoms with E-state index in [-0.39, 0.29) is 5.91 Å². The summed E-state index contributed by atoms with van der Waals surface area (Å²) in [6.45, 7) is 0.640. The molecule has 5 heteroatoms. The summed E-state index contributed by atoms with van der Waals surface area (Å²) in [6.07, 6.45) is 11.0. The number of nitrogen functional groups attached to an aromatic ring is 1. The molecule has 0 heterocycles. The highest BCUT2D eigenvalue weighted by Crippen LogP contribution is 2.16. The normalized spacial score (nSPS) is 12.2. The van der Waals surface area contributed by atoms with Crippen LogP contribution < -0.4 is 16.8 Å². The molecule has 0 atom stereocenters. The molecule has 2 aromatic carbocycles. The quantitative estimate of drug-likeness (QED) is 0.220.